The van der Waals surface area contributed by atoms with Gasteiger partial charge in [-0.15, -0.1) is 0 Å². The zero-order valence-corrected chi connectivity index (χ0v) is 14.3. The van der Waals surface area contributed by atoms with Crippen molar-refractivity contribution in [3.63, 3.8) is 0 Å². The molecule has 0 radical (unpaired) electrons. The number of aromatic hydroxyl groups is 1. The summed E-state index contributed by atoms with van der Waals surface area (Å²) in [5, 5.41) is 26.5. The van der Waals surface area contributed by atoms with Crippen LogP contribution in [0.25, 0.3) is 0 Å². The van der Waals surface area contributed by atoms with Gasteiger partial charge in [0, 0.05) is 21.6 Å². The topological polar surface area (TPSA) is 71.6 Å². The molecule has 0 aliphatic rings. The number of pyridine rings is 1. The van der Waals surface area contributed by atoms with Crippen LogP contribution < -0.4 is 10.2 Å². The third-order valence-corrected chi connectivity index (χ3v) is 3.26. The molecule has 6 heteroatoms. The van der Waals surface area contributed by atoms with Crippen LogP contribution in [0.1, 0.15) is 32.0 Å². The summed E-state index contributed by atoms with van der Waals surface area (Å²) in [6.45, 7) is 5.89. The van der Waals surface area contributed by atoms with Gasteiger partial charge in [-0.3, -0.25) is 0 Å². The molecule has 0 unspecified atom stereocenters. The van der Waals surface area contributed by atoms with Gasteiger partial charge in [0.2, 0.25) is 0 Å². The molecule has 0 saturated heterocycles. The van der Waals surface area contributed by atoms with Crippen molar-refractivity contribution in [3.8, 4) is 5.75 Å². The monoisotopic (exact) mass is 363 g/mol. The summed E-state index contributed by atoms with van der Waals surface area (Å²) in [5.41, 5.74) is 3.94. The third-order valence-electron chi connectivity index (χ3n) is 2.76. The van der Waals surface area contributed by atoms with E-state index in [1.165, 1.54) is 18.3 Å². The molecule has 1 aromatic carbocycles. The minimum Gasteiger partial charge on any atom is -0.618 e. The normalized spacial score (nSPS) is 12.3. The van der Waals surface area contributed by atoms with E-state index in [4.69, 9.17) is 0 Å². The average Bonchev–Trinajstić information content (AvgIpc) is 2.41. The van der Waals surface area contributed by atoms with Crippen LogP contribution in [0.4, 0.5) is 0 Å². The van der Waals surface area contributed by atoms with E-state index in [0.717, 1.165) is 10.0 Å². The third kappa shape index (κ3) is 3.98. The molecule has 0 bridgehead atoms. The van der Waals surface area contributed by atoms with Crippen LogP contribution in [0.3, 0.4) is 0 Å². The second kappa shape index (κ2) is 6.36. The lowest BCUT2D eigenvalue weighted by Crippen LogP contribution is -2.37. The Hall–Kier alpha value is -2.08. The predicted molar refractivity (Wildman–Crippen MR) is 89.7 cm³/mol. The van der Waals surface area contributed by atoms with E-state index in [-0.39, 0.29) is 17.0 Å². The number of halogens is 1. The van der Waals surface area contributed by atoms with E-state index in [2.05, 4.69) is 26.5 Å². The second-order valence-electron chi connectivity index (χ2n) is 5.90. The molecule has 0 aliphatic heterocycles. The molecular weight excluding hydrogens is 346 g/mol. The Kier molecular flexibility index (Phi) is 4.71. The second-order valence-corrected chi connectivity index (χ2v) is 6.82. The predicted octanol–water partition coefficient (Wildman–Crippen LogP) is 2.93. The Balaban J connectivity index is 2.61. The number of hydrogen-bond donors (Lipinski definition) is 2. The minimum atomic E-state index is -0.268. The Bertz CT molecular complexity index is 689. The maximum Gasteiger partial charge on any atom is 0.286 e. The van der Waals surface area contributed by atoms with Gasteiger partial charge in [0.1, 0.15) is 0 Å². The Labute approximate surface area is 138 Å². The molecule has 5 nitrogen and oxygen atoms in total. The summed E-state index contributed by atoms with van der Waals surface area (Å²) in [4.78, 5) is 0. The van der Waals surface area contributed by atoms with Gasteiger partial charge >= 0.3 is 0 Å². The van der Waals surface area contributed by atoms with E-state index in [9.17, 15) is 10.3 Å². The number of hydrazone groups is 1. The van der Waals surface area contributed by atoms with Crippen molar-refractivity contribution in [2.75, 3.05) is 0 Å². The molecule has 0 aliphatic carbocycles. The number of benzene rings is 1. The van der Waals surface area contributed by atoms with Gasteiger partial charge in [-0.25, -0.2) is 0 Å². The number of hydrogen-bond acceptors (Lipinski definition) is 4. The fourth-order valence-electron chi connectivity index (χ4n) is 1.82. The molecule has 1 aromatic heterocycles. The molecule has 0 atom stereocenters. The van der Waals surface area contributed by atoms with Crippen LogP contribution in [0.5, 0.6) is 5.75 Å². The first-order valence-corrected chi connectivity index (χ1v) is 7.59. The van der Waals surface area contributed by atoms with Crippen molar-refractivity contribution in [3.05, 3.63) is 63.5 Å². The lowest BCUT2D eigenvalue weighted by Gasteiger charge is -2.19. The van der Waals surface area contributed by atoms with Crippen molar-refractivity contribution in [1.29, 1.82) is 0 Å². The van der Waals surface area contributed by atoms with Crippen LogP contribution in [-0.2, 0) is 0 Å². The summed E-state index contributed by atoms with van der Waals surface area (Å²) in [6, 6.07) is 10.4. The van der Waals surface area contributed by atoms with Gasteiger partial charge in [-0.1, -0.05) is 28.1 Å². The van der Waals surface area contributed by atoms with Gasteiger partial charge in [0.05, 0.1) is 0 Å². The molecule has 0 spiro atoms. The highest BCUT2D eigenvalue weighted by atomic mass is 79.9. The first-order valence-electron chi connectivity index (χ1n) is 6.80. The van der Waals surface area contributed by atoms with E-state index in [1.54, 1.807) is 0 Å². The maximum atomic E-state index is 12.1. The highest BCUT2D eigenvalue weighted by Crippen LogP contribution is 2.20. The Morgan fingerprint density at radius 1 is 1.27 bits per heavy atom. The summed E-state index contributed by atoms with van der Waals surface area (Å²) in [7, 11) is 0. The number of nitrogens with zero attached hydrogens (tertiary/aromatic N) is 2. The van der Waals surface area contributed by atoms with Crippen molar-refractivity contribution in [1.82, 2.24) is 5.43 Å². The largest absolute Gasteiger partial charge is 0.618 e. The number of nitrogens with one attached hydrogen (secondary N) is 1. The first-order chi connectivity index (χ1) is 10.3. The van der Waals surface area contributed by atoms with E-state index < -0.39 is 0 Å². The van der Waals surface area contributed by atoms with Gasteiger partial charge in [0.25, 0.3) is 5.69 Å². The van der Waals surface area contributed by atoms with Crippen LogP contribution in [-0.4, -0.2) is 16.4 Å². The lowest BCUT2D eigenvalue weighted by atomic mass is 10.1. The van der Waals surface area contributed by atoms with Gasteiger partial charge in [-0.2, -0.15) is 9.83 Å². The summed E-state index contributed by atoms with van der Waals surface area (Å²) in [5.74, 6) is -0.119. The van der Waals surface area contributed by atoms with Crippen LogP contribution >= 0.6 is 15.9 Å². The molecule has 116 valence electrons. The Morgan fingerprint density at radius 2 is 2.00 bits per heavy atom. The van der Waals surface area contributed by atoms with E-state index in [1.807, 2.05) is 45.0 Å². The van der Waals surface area contributed by atoms with Crippen molar-refractivity contribution < 1.29 is 9.84 Å². The van der Waals surface area contributed by atoms with Gasteiger partial charge in [-0.05, 0) is 39.0 Å². The standard InChI is InChI=1S/C16H18BrN3O2/c1-16(2,3)19-18-14(11-6-4-7-12(17)10-11)15-13(21)8-5-9-20(15)22/h4-10,19,21H,1-3H3. The zero-order valence-electron chi connectivity index (χ0n) is 12.7. The highest BCUT2D eigenvalue weighted by molar-refractivity contribution is 9.10. The number of rotatable bonds is 3. The van der Waals surface area contributed by atoms with Crippen molar-refractivity contribution in [2.45, 2.75) is 26.3 Å². The molecule has 2 N–H and O–H groups in total. The highest BCUT2D eigenvalue weighted by Gasteiger charge is 2.22. The quantitative estimate of drug-likeness (QED) is 0.381. The molecule has 22 heavy (non-hydrogen) atoms. The molecule has 1 heterocycles. The van der Waals surface area contributed by atoms with E-state index >= 15 is 0 Å². The Morgan fingerprint density at radius 3 is 2.59 bits per heavy atom. The maximum absolute atomic E-state index is 12.1. The van der Waals surface area contributed by atoms with Gasteiger partial charge < -0.3 is 15.7 Å². The van der Waals surface area contributed by atoms with Crippen LogP contribution in [0.15, 0.2) is 52.2 Å². The molecule has 2 aromatic rings. The average molecular weight is 364 g/mol. The molecule has 0 fully saturated rings. The van der Waals surface area contributed by atoms with Crippen LogP contribution in [0, 0.1) is 5.21 Å². The first kappa shape index (κ1) is 16.3. The molecular formula is C16H18BrN3O2. The smallest absolute Gasteiger partial charge is 0.286 e. The summed E-state index contributed by atoms with van der Waals surface area (Å²) >= 11 is 3.41. The fourth-order valence-corrected chi connectivity index (χ4v) is 2.22. The molecule has 0 saturated carbocycles. The van der Waals surface area contributed by atoms with Crippen LogP contribution in [0.2, 0.25) is 0 Å². The lowest BCUT2D eigenvalue weighted by molar-refractivity contribution is -0.607. The number of aromatic nitrogens is 1. The van der Waals surface area contributed by atoms with Crippen molar-refractivity contribution >= 4 is 21.6 Å². The molecule has 0 amide bonds. The fraction of sp³-hybridized carbons (Fsp3) is 0.250. The van der Waals surface area contributed by atoms with E-state index in [0.29, 0.717) is 10.4 Å². The molecule has 2 rings (SSSR count). The van der Waals surface area contributed by atoms with Crippen molar-refractivity contribution in [2.24, 2.45) is 5.10 Å². The zero-order chi connectivity index (χ0) is 16.3. The summed E-state index contributed by atoms with van der Waals surface area (Å²) in [6.07, 6.45) is 1.33. The summed E-state index contributed by atoms with van der Waals surface area (Å²) < 4.78 is 1.47. The van der Waals surface area contributed by atoms with Gasteiger partial charge in [0.15, 0.2) is 17.7 Å². The SMILES string of the molecule is CC(C)(C)NN=C(c1cccc(Br)c1)c1c(O)ccc[n+]1[O-]. The minimum absolute atomic E-state index is 0.109.